The summed E-state index contributed by atoms with van der Waals surface area (Å²) in [5.74, 6) is 1.54. The molecule has 3 N–H and O–H groups in total. The third-order valence-corrected chi connectivity index (χ3v) is 5.36. The number of ether oxygens (including phenoxy) is 1. The summed E-state index contributed by atoms with van der Waals surface area (Å²) in [5, 5.41) is 17.4. The first-order valence-electron chi connectivity index (χ1n) is 10.8. The zero-order valence-corrected chi connectivity index (χ0v) is 20.8. The monoisotopic (exact) mass is 538 g/mol. The summed E-state index contributed by atoms with van der Waals surface area (Å²) in [5.41, 5.74) is 2.18. The van der Waals surface area contributed by atoms with Crippen molar-refractivity contribution in [1.82, 2.24) is 15.5 Å². The van der Waals surface area contributed by atoms with E-state index < -0.39 is 6.10 Å². The van der Waals surface area contributed by atoms with Gasteiger partial charge in [-0.2, -0.15) is 0 Å². The molecule has 0 bridgehead atoms. The summed E-state index contributed by atoms with van der Waals surface area (Å²) in [6.45, 7) is 6.23. The second-order valence-electron chi connectivity index (χ2n) is 7.71. The zero-order chi connectivity index (χ0) is 21.2. The van der Waals surface area contributed by atoms with Crippen LogP contribution in [-0.4, -0.2) is 55.3 Å². The van der Waals surface area contributed by atoms with Crippen molar-refractivity contribution in [2.75, 3.05) is 33.3 Å². The number of hydrogen-bond acceptors (Lipinski definition) is 4. The normalized spacial score (nSPS) is 18.0. The molecule has 0 aromatic heterocycles. The molecule has 170 valence electrons. The number of likely N-dealkylation sites (tertiary alicyclic amines) is 1. The van der Waals surface area contributed by atoms with Crippen LogP contribution in [0.3, 0.4) is 0 Å². The van der Waals surface area contributed by atoms with Crippen molar-refractivity contribution in [3.05, 3.63) is 65.7 Å². The predicted octanol–water partition coefficient (Wildman–Crippen LogP) is 3.57. The van der Waals surface area contributed by atoms with E-state index in [1.54, 1.807) is 7.11 Å². The zero-order valence-electron chi connectivity index (χ0n) is 18.5. The summed E-state index contributed by atoms with van der Waals surface area (Å²) >= 11 is 0. The first kappa shape index (κ1) is 25.4. The van der Waals surface area contributed by atoms with Crippen LogP contribution >= 0.6 is 24.0 Å². The van der Waals surface area contributed by atoms with E-state index in [-0.39, 0.29) is 24.0 Å². The molecule has 0 spiro atoms. The van der Waals surface area contributed by atoms with Crippen LogP contribution in [0.1, 0.15) is 37.0 Å². The number of benzene rings is 2. The van der Waals surface area contributed by atoms with Crippen LogP contribution in [0.4, 0.5) is 0 Å². The van der Waals surface area contributed by atoms with Crippen molar-refractivity contribution in [1.29, 1.82) is 0 Å². The van der Waals surface area contributed by atoms with Crippen molar-refractivity contribution in [2.45, 2.75) is 38.5 Å². The van der Waals surface area contributed by atoms with Crippen LogP contribution < -0.4 is 15.4 Å². The molecule has 0 radical (unpaired) electrons. The Morgan fingerprint density at radius 1 is 1.19 bits per heavy atom. The number of guanidine groups is 1. The van der Waals surface area contributed by atoms with Crippen LogP contribution in [0.2, 0.25) is 0 Å². The highest BCUT2D eigenvalue weighted by molar-refractivity contribution is 14.0. The molecule has 7 heteroatoms. The molecule has 3 rings (SSSR count). The minimum Gasteiger partial charge on any atom is -0.497 e. The molecule has 6 nitrogen and oxygen atoms in total. The van der Waals surface area contributed by atoms with Crippen LogP contribution in [0.25, 0.3) is 0 Å². The fourth-order valence-corrected chi connectivity index (χ4v) is 3.78. The Hall–Kier alpha value is -1.84. The highest BCUT2D eigenvalue weighted by Crippen LogP contribution is 2.18. The number of hydrogen-bond donors (Lipinski definition) is 3. The largest absolute Gasteiger partial charge is 0.497 e. The molecule has 1 heterocycles. The number of methoxy groups -OCH3 is 1. The molecule has 31 heavy (non-hydrogen) atoms. The van der Waals surface area contributed by atoms with Gasteiger partial charge in [-0.3, -0.25) is 9.89 Å². The molecule has 2 unspecified atom stereocenters. The lowest BCUT2D eigenvalue weighted by atomic mass is 10.0. The van der Waals surface area contributed by atoms with Crippen molar-refractivity contribution in [3.8, 4) is 5.75 Å². The van der Waals surface area contributed by atoms with E-state index in [9.17, 15) is 5.11 Å². The van der Waals surface area contributed by atoms with Crippen molar-refractivity contribution < 1.29 is 9.84 Å². The maximum atomic E-state index is 10.5. The number of aliphatic hydroxyl groups excluding tert-OH is 1. The van der Waals surface area contributed by atoms with Crippen LogP contribution in [0, 0.1) is 0 Å². The van der Waals surface area contributed by atoms with E-state index >= 15 is 0 Å². The minimum atomic E-state index is -0.646. The third-order valence-electron chi connectivity index (χ3n) is 5.36. The van der Waals surface area contributed by atoms with E-state index in [0.29, 0.717) is 12.6 Å². The lowest BCUT2D eigenvalue weighted by Gasteiger charge is -2.34. The fraction of sp³-hybridized carbons (Fsp3) is 0.458. The molecule has 1 aliphatic rings. The molecule has 1 fully saturated rings. The Morgan fingerprint density at radius 3 is 2.61 bits per heavy atom. The average molecular weight is 538 g/mol. The van der Waals surface area contributed by atoms with Crippen molar-refractivity contribution >= 4 is 29.9 Å². The molecule has 1 aliphatic heterocycles. The van der Waals surface area contributed by atoms with E-state index in [1.165, 1.54) is 12.0 Å². The smallest absolute Gasteiger partial charge is 0.191 e. The summed E-state index contributed by atoms with van der Waals surface area (Å²) in [7, 11) is 1.64. The van der Waals surface area contributed by atoms with Gasteiger partial charge in [0, 0.05) is 25.7 Å². The highest BCUT2D eigenvalue weighted by Gasteiger charge is 2.21. The minimum absolute atomic E-state index is 0. The summed E-state index contributed by atoms with van der Waals surface area (Å²) in [6, 6.07) is 18.4. The average Bonchev–Trinajstić information content (AvgIpc) is 2.78. The molecule has 2 aromatic carbocycles. The van der Waals surface area contributed by atoms with Gasteiger partial charge in [-0.1, -0.05) is 42.5 Å². The molecule has 0 amide bonds. The molecule has 0 saturated carbocycles. The SMILES string of the molecule is CCNC(=NCC(O)c1ccc(OC)cc1)NC1CCCN(Cc2ccccc2)C1.I. The summed E-state index contributed by atoms with van der Waals surface area (Å²) in [6.07, 6.45) is 1.64. The van der Waals surface area contributed by atoms with Gasteiger partial charge in [0.05, 0.1) is 19.8 Å². The van der Waals surface area contributed by atoms with Gasteiger partial charge >= 0.3 is 0 Å². The summed E-state index contributed by atoms with van der Waals surface area (Å²) < 4.78 is 5.18. The Morgan fingerprint density at radius 2 is 1.94 bits per heavy atom. The highest BCUT2D eigenvalue weighted by atomic mass is 127. The number of aliphatic hydroxyl groups is 1. The Kier molecular flexibility index (Phi) is 11.1. The van der Waals surface area contributed by atoms with E-state index in [1.807, 2.05) is 24.3 Å². The lowest BCUT2D eigenvalue weighted by Crippen LogP contribution is -2.51. The molecular weight excluding hydrogens is 503 g/mol. The molecule has 0 aliphatic carbocycles. The van der Waals surface area contributed by atoms with Crippen LogP contribution in [-0.2, 0) is 6.54 Å². The van der Waals surface area contributed by atoms with Gasteiger partial charge in [0.15, 0.2) is 5.96 Å². The Balaban J connectivity index is 0.00000341. The lowest BCUT2D eigenvalue weighted by molar-refractivity contribution is 0.185. The second-order valence-corrected chi connectivity index (χ2v) is 7.71. The maximum absolute atomic E-state index is 10.5. The molecule has 2 atom stereocenters. The predicted molar refractivity (Wildman–Crippen MR) is 137 cm³/mol. The van der Waals surface area contributed by atoms with Gasteiger partial charge in [0.1, 0.15) is 5.75 Å². The van der Waals surface area contributed by atoms with Gasteiger partial charge in [-0.05, 0) is 49.6 Å². The second kappa shape index (κ2) is 13.5. The number of nitrogens with zero attached hydrogens (tertiary/aromatic N) is 2. The van der Waals surface area contributed by atoms with E-state index in [0.717, 1.165) is 49.9 Å². The van der Waals surface area contributed by atoms with Crippen LogP contribution in [0.15, 0.2) is 59.6 Å². The summed E-state index contributed by atoms with van der Waals surface area (Å²) in [4.78, 5) is 7.12. The van der Waals surface area contributed by atoms with Gasteiger partial charge in [0.25, 0.3) is 0 Å². The van der Waals surface area contributed by atoms with Crippen LogP contribution in [0.5, 0.6) is 5.75 Å². The van der Waals surface area contributed by atoms with Crippen molar-refractivity contribution in [2.24, 2.45) is 4.99 Å². The van der Waals surface area contributed by atoms with E-state index in [2.05, 4.69) is 57.8 Å². The molecular formula is C24H35IN4O2. The Labute approximate surface area is 203 Å². The van der Waals surface area contributed by atoms with Gasteiger partial charge < -0.3 is 20.5 Å². The third kappa shape index (κ3) is 8.31. The topological polar surface area (TPSA) is 69.1 Å². The number of rotatable bonds is 8. The van der Waals surface area contributed by atoms with Gasteiger partial charge in [-0.25, -0.2) is 0 Å². The first-order chi connectivity index (χ1) is 14.7. The number of nitrogens with one attached hydrogen (secondary N) is 2. The number of aliphatic imine (C=N–C) groups is 1. The fourth-order valence-electron chi connectivity index (χ4n) is 3.78. The maximum Gasteiger partial charge on any atom is 0.191 e. The molecule has 2 aromatic rings. The van der Waals surface area contributed by atoms with Gasteiger partial charge in [-0.15, -0.1) is 24.0 Å². The van der Waals surface area contributed by atoms with E-state index in [4.69, 9.17) is 4.74 Å². The van der Waals surface area contributed by atoms with Gasteiger partial charge in [0.2, 0.25) is 0 Å². The first-order valence-corrected chi connectivity index (χ1v) is 10.8. The Bertz CT molecular complexity index is 786. The molecule has 1 saturated heterocycles. The van der Waals surface area contributed by atoms with Crippen molar-refractivity contribution in [3.63, 3.8) is 0 Å². The number of piperidine rings is 1. The number of halogens is 1. The standard InChI is InChI=1S/C24H34N4O2.HI/c1-3-25-24(26-16-23(29)20-11-13-22(30-2)14-12-20)27-21-10-7-15-28(18-21)17-19-8-5-4-6-9-19;/h4-6,8-9,11-14,21,23,29H,3,7,10,15-18H2,1-2H3,(H2,25,26,27);1H. The quantitative estimate of drug-likeness (QED) is 0.273.